The van der Waals surface area contributed by atoms with Gasteiger partial charge in [-0.25, -0.2) is 0 Å². The van der Waals surface area contributed by atoms with E-state index >= 15 is 0 Å². The van der Waals surface area contributed by atoms with Crippen LogP contribution in [0.15, 0.2) is 18.2 Å². The number of anilines is 1. The van der Waals surface area contributed by atoms with E-state index in [2.05, 4.69) is 29.0 Å². The molecule has 0 spiro atoms. The highest BCUT2D eigenvalue weighted by molar-refractivity contribution is 6.33. The summed E-state index contributed by atoms with van der Waals surface area (Å²) >= 11 is 6.24. The van der Waals surface area contributed by atoms with Crippen molar-refractivity contribution < 1.29 is 0 Å². The average Bonchev–Trinajstić information content (AvgIpc) is 2.51. The minimum absolute atomic E-state index is 0.611. The number of likely N-dealkylation sites (N-methyl/N-ethyl adjacent to an activating group) is 1. The molecule has 1 saturated heterocycles. The van der Waals surface area contributed by atoms with Crippen molar-refractivity contribution in [2.24, 2.45) is 0 Å². The summed E-state index contributed by atoms with van der Waals surface area (Å²) in [6.07, 6.45) is 5.28. The average molecular weight is 308 g/mol. The summed E-state index contributed by atoms with van der Waals surface area (Å²) in [7, 11) is 2.22. The van der Waals surface area contributed by atoms with E-state index in [9.17, 15) is 0 Å². The summed E-state index contributed by atoms with van der Waals surface area (Å²) in [5.41, 5.74) is 7.92. The molecule has 2 atom stereocenters. The molecular formula is C17H26ClN3. The minimum atomic E-state index is 0.611. The number of hydrogen-bond acceptors (Lipinski definition) is 3. The third-order valence-corrected chi connectivity index (χ3v) is 5.52. The molecule has 3 nitrogen and oxygen atoms in total. The van der Waals surface area contributed by atoms with E-state index in [1.165, 1.54) is 57.4 Å². The highest BCUT2D eigenvalue weighted by Crippen LogP contribution is 2.38. The van der Waals surface area contributed by atoms with Crippen LogP contribution in [0.3, 0.4) is 0 Å². The van der Waals surface area contributed by atoms with Crippen molar-refractivity contribution in [3.63, 3.8) is 0 Å². The second-order valence-electron chi connectivity index (χ2n) is 6.58. The minimum Gasteiger partial charge on any atom is -0.398 e. The molecule has 2 aliphatic rings. The van der Waals surface area contributed by atoms with E-state index in [4.69, 9.17) is 17.3 Å². The Morgan fingerprint density at radius 2 is 1.81 bits per heavy atom. The van der Waals surface area contributed by atoms with Gasteiger partial charge in [0.2, 0.25) is 0 Å². The van der Waals surface area contributed by atoms with Gasteiger partial charge in [0.25, 0.3) is 0 Å². The van der Waals surface area contributed by atoms with Crippen LogP contribution in [-0.4, -0.2) is 49.1 Å². The smallest absolute Gasteiger partial charge is 0.0638 e. The predicted molar refractivity (Wildman–Crippen MR) is 89.9 cm³/mol. The molecule has 116 valence electrons. The van der Waals surface area contributed by atoms with Crippen LogP contribution >= 0.6 is 11.6 Å². The molecule has 1 saturated carbocycles. The van der Waals surface area contributed by atoms with Crippen LogP contribution in [0.2, 0.25) is 5.02 Å². The van der Waals surface area contributed by atoms with Gasteiger partial charge in [0.15, 0.2) is 0 Å². The van der Waals surface area contributed by atoms with E-state index in [-0.39, 0.29) is 0 Å². The Kier molecular flexibility index (Phi) is 4.72. The molecule has 0 bridgehead atoms. The molecule has 2 fully saturated rings. The summed E-state index contributed by atoms with van der Waals surface area (Å²) < 4.78 is 0. The quantitative estimate of drug-likeness (QED) is 0.852. The molecular weight excluding hydrogens is 282 g/mol. The summed E-state index contributed by atoms with van der Waals surface area (Å²) in [4.78, 5) is 5.13. The number of nitrogens with zero attached hydrogens (tertiary/aromatic N) is 2. The number of nitrogens with two attached hydrogens (primary N) is 1. The van der Waals surface area contributed by atoms with E-state index in [1.807, 2.05) is 6.07 Å². The van der Waals surface area contributed by atoms with Gasteiger partial charge in [-0.05, 0) is 43.5 Å². The zero-order valence-electron chi connectivity index (χ0n) is 12.9. The lowest BCUT2D eigenvalue weighted by Gasteiger charge is -2.44. The third-order valence-electron chi connectivity index (χ3n) is 5.19. The van der Waals surface area contributed by atoms with Gasteiger partial charge in [-0.2, -0.15) is 0 Å². The number of rotatable bonds is 2. The fraction of sp³-hybridized carbons (Fsp3) is 0.647. The maximum atomic E-state index is 6.24. The van der Waals surface area contributed by atoms with Crippen molar-refractivity contribution in [3.05, 3.63) is 28.8 Å². The van der Waals surface area contributed by atoms with Crippen molar-refractivity contribution in [2.75, 3.05) is 39.0 Å². The maximum Gasteiger partial charge on any atom is 0.0638 e. The first-order chi connectivity index (χ1) is 10.1. The van der Waals surface area contributed by atoms with Crippen molar-refractivity contribution >= 4 is 17.3 Å². The molecule has 0 amide bonds. The fourth-order valence-electron chi connectivity index (χ4n) is 3.86. The van der Waals surface area contributed by atoms with Crippen LogP contribution < -0.4 is 5.73 Å². The summed E-state index contributed by atoms with van der Waals surface area (Å²) in [5.74, 6) is 0.611. The van der Waals surface area contributed by atoms with Gasteiger partial charge in [0.1, 0.15) is 0 Å². The Balaban J connectivity index is 1.79. The molecule has 1 heterocycles. The Morgan fingerprint density at radius 3 is 2.52 bits per heavy atom. The SMILES string of the molecule is CN1CCN(C2CCCCC2c2ccc(N)c(Cl)c2)CC1. The van der Waals surface area contributed by atoms with Gasteiger partial charge in [-0.3, -0.25) is 4.90 Å². The Morgan fingerprint density at radius 1 is 1.10 bits per heavy atom. The molecule has 3 rings (SSSR count). The van der Waals surface area contributed by atoms with Gasteiger partial charge in [0.05, 0.1) is 10.7 Å². The summed E-state index contributed by atoms with van der Waals surface area (Å²) in [6.45, 7) is 4.76. The number of piperazine rings is 1. The lowest BCUT2D eigenvalue weighted by Crippen LogP contribution is -2.51. The number of halogens is 1. The summed E-state index contributed by atoms with van der Waals surface area (Å²) in [5, 5.41) is 0.704. The molecule has 0 aromatic heterocycles. The van der Waals surface area contributed by atoms with E-state index in [0.29, 0.717) is 22.7 Å². The standard InChI is InChI=1S/C17H26ClN3/c1-20-8-10-21(11-9-20)17-5-3-2-4-14(17)13-6-7-16(19)15(18)12-13/h6-7,12,14,17H,2-5,8-11,19H2,1H3. The second-order valence-corrected chi connectivity index (χ2v) is 6.99. The van der Waals surface area contributed by atoms with Crippen LogP contribution in [0.25, 0.3) is 0 Å². The summed E-state index contributed by atoms with van der Waals surface area (Å²) in [6, 6.07) is 6.91. The highest BCUT2D eigenvalue weighted by Gasteiger charge is 2.32. The van der Waals surface area contributed by atoms with Crippen LogP contribution in [0.1, 0.15) is 37.2 Å². The molecule has 0 radical (unpaired) electrons. The molecule has 2 N–H and O–H groups in total. The Bertz CT molecular complexity index is 483. The Hall–Kier alpha value is -0.770. The first-order valence-corrected chi connectivity index (χ1v) is 8.50. The third kappa shape index (κ3) is 3.36. The van der Waals surface area contributed by atoms with Gasteiger partial charge >= 0.3 is 0 Å². The van der Waals surface area contributed by atoms with Crippen molar-refractivity contribution in [3.8, 4) is 0 Å². The monoisotopic (exact) mass is 307 g/mol. The zero-order valence-corrected chi connectivity index (χ0v) is 13.6. The predicted octanol–water partition coefficient (Wildman–Crippen LogP) is 3.20. The van der Waals surface area contributed by atoms with Crippen LogP contribution in [0.4, 0.5) is 5.69 Å². The van der Waals surface area contributed by atoms with E-state index in [1.54, 1.807) is 0 Å². The largest absolute Gasteiger partial charge is 0.398 e. The Labute approximate surface area is 133 Å². The normalized spacial score (nSPS) is 28.7. The molecule has 2 unspecified atom stereocenters. The van der Waals surface area contributed by atoms with Gasteiger partial charge in [-0.15, -0.1) is 0 Å². The lowest BCUT2D eigenvalue weighted by molar-refractivity contribution is 0.0790. The highest BCUT2D eigenvalue weighted by atomic mass is 35.5. The van der Waals surface area contributed by atoms with E-state index < -0.39 is 0 Å². The van der Waals surface area contributed by atoms with Crippen LogP contribution in [0, 0.1) is 0 Å². The zero-order chi connectivity index (χ0) is 14.8. The first-order valence-electron chi connectivity index (χ1n) is 8.12. The van der Waals surface area contributed by atoms with Gasteiger partial charge in [-0.1, -0.05) is 30.5 Å². The first kappa shape index (κ1) is 15.1. The van der Waals surface area contributed by atoms with Crippen LogP contribution in [-0.2, 0) is 0 Å². The molecule has 4 heteroatoms. The number of nitrogen functional groups attached to an aromatic ring is 1. The topological polar surface area (TPSA) is 32.5 Å². The van der Waals surface area contributed by atoms with E-state index in [0.717, 1.165) is 0 Å². The van der Waals surface area contributed by atoms with Gasteiger partial charge < -0.3 is 10.6 Å². The lowest BCUT2D eigenvalue weighted by atomic mass is 9.79. The fourth-order valence-corrected chi connectivity index (χ4v) is 4.05. The van der Waals surface area contributed by atoms with Crippen molar-refractivity contribution in [2.45, 2.75) is 37.6 Å². The molecule has 1 aromatic rings. The maximum absolute atomic E-state index is 6.24. The molecule has 1 aromatic carbocycles. The number of hydrogen-bond donors (Lipinski definition) is 1. The molecule has 21 heavy (non-hydrogen) atoms. The second kappa shape index (κ2) is 6.55. The van der Waals surface area contributed by atoms with Crippen molar-refractivity contribution in [1.82, 2.24) is 9.80 Å². The van der Waals surface area contributed by atoms with Gasteiger partial charge in [0, 0.05) is 32.2 Å². The molecule has 1 aliphatic carbocycles. The number of benzene rings is 1. The molecule has 1 aliphatic heterocycles. The van der Waals surface area contributed by atoms with Crippen LogP contribution in [0.5, 0.6) is 0 Å². The van der Waals surface area contributed by atoms with Crippen molar-refractivity contribution in [1.29, 1.82) is 0 Å².